The summed E-state index contributed by atoms with van der Waals surface area (Å²) in [5.74, 6) is 0. The van der Waals surface area contributed by atoms with Crippen LogP contribution >= 0.6 is 0 Å². The molecule has 0 aliphatic rings. The van der Waals surface area contributed by atoms with E-state index in [-0.39, 0.29) is 0 Å². The standard InChI is InChI=1S/C11H9N5/c12-9-6-14-11-4-10(15-16(11)7-9)8-2-1-3-13-5-8/h1-7H,12H2. The normalized spacial score (nSPS) is 10.8. The van der Waals surface area contributed by atoms with Crippen LogP contribution in [0.4, 0.5) is 5.69 Å². The van der Waals surface area contributed by atoms with Crippen LogP contribution in [0.2, 0.25) is 0 Å². The number of nitrogens with zero attached hydrogens (tertiary/aromatic N) is 4. The number of anilines is 1. The van der Waals surface area contributed by atoms with Gasteiger partial charge >= 0.3 is 0 Å². The van der Waals surface area contributed by atoms with Crippen molar-refractivity contribution in [3.8, 4) is 11.3 Å². The van der Waals surface area contributed by atoms with E-state index in [1.165, 1.54) is 0 Å². The molecule has 0 saturated carbocycles. The summed E-state index contributed by atoms with van der Waals surface area (Å²) in [6.07, 6.45) is 6.85. The summed E-state index contributed by atoms with van der Waals surface area (Å²) >= 11 is 0. The number of aromatic nitrogens is 4. The van der Waals surface area contributed by atoms with Crippen LogP contribution in [-0.2, 0) is 0 Å². The molecule has 0 spiro atoms. The molecule has 2 N–H and O–H groups in total. The zero-order chi connectivity index (χ0) is 11.0. The Morgan fingerprint density at radius 1 is 1.25 bits per heavy atom. The molecule has 0 radical (unpaired) electrons. The molecule has 0 saturated heterocycles. The van der Waals surface area contributed by atoms with Crippen molar-refractivity contribution in [1.29, 1.82) is 0 Å². The Morgan fingerprint density at radius 2 is 2.19 bits per heavy atom. The number of hydrogen-bond acceptors (Lipinski definition) is 4. The van der Waals surface area contributed by atoms with E-state index in [0.717, 1.165) is 16.9 Å². The minimum Gasteiger partial charge on any atom is -0.396 e. The lowest BCUT2D eigenvalue weighted by Crippen LogP contribution is -1.93. The zero-order valence-corrected chi connectivity index (χ0v) is 8.41. The maximum Gasteiger partial charge on any atom is 0.155 e. The smallest absolute Gasteiger partial charge is 0.155 e. The van der Waals surface area contributed by atoms with Gasteiger partial charge in [0.1, 0.15) is 0 Å². The Morgan fingerprint density at radius 3 is 3.00 bits per heavy atom. The second-order valence-electron chi connectivity index (χ2n) is 3.46. The molecule has 0 amide bonds. The van der Waals surface area contributed by atoms with Gasteiger partial charge in [-0.05, 0) is 12.1 Å². The van der Waals surface area contributed by atoms with Gasteiger partial charge in [-0.2, -0.15) is 5.10 Å². The van der Waals surface area contributed by atoms with E-state index >= 15 is 0 Å². The van der Waals surface area contributed by atoms with Gasteiger partial charge in [-0.25, -0.2) is 9.50 Å². The third kappa shape index (κ3) is 1.38. The van der Waals surface area contributed by atoms with E-state index in [4.69, 9.17) is 5.73 Å². The number of rotatable bonds is 1. The average molecular weight is 211 g/mol. The molecule has 0 atom stereocenters. The van der Waals surface area contributed by atoms with Gasteiger partial charge in [0, 0.05) is 24.0 Å². The highest BCUT2D eigenvalue weighted by Crippen LogP contribution is 2.17. The lowest BCUT2D eigenvalue weighted by Gasteiger charge is -1.93. The van der Waals surface area contributed by atoms with Crippen LogP contribution in [0, 0.1) is 0 Å². The second-order valence-corrected chi connectivity index (χ2v) is 3.46. The molecule has 5 nitrogen and oxygen atoms in total. The highest BCUT2D eigenvalue weighted by atomic mass is 15.2. The van der Waals surface area contributed by atoms with Crippen molar-refractivity contribution in [2.24, 2.45) is 0 Å². The van der Waals surface area contributed by atoms with Crippen LogP contribution in [0.15, 0.2) is 43.0 Å². The van der Waals surface area contributed by atoms with Crippen molar-refractivity contribution in [2.75, 3.05) is 5.73 Å². The largest absolute Gasteiger partial charge is 0.396 e. The van der Waals surface area contributed by atoms with Crippen molar-refractivity contribution in [2.45, 2.75) is 0 Å². The Labute approximate surface area is 91.6 Å². The van der Waals surface area contributed by atoms with Gasteiger partial charge in [-0.15, -0.1) is 0 Å². The second kappa shape index (κ2) is 3.30. The first-order valence-corrected chi connectivity index (χ1v) is 4.84. The zero-order valence-electron chi connectivity index (χ0n) is 8.41. The summed E-state index contributed by atoms with van der Waals surface area (Å²) in [6, 6.07) is 5.73. The lowest BCUT2D eigenvalue weighted by molar-refractivity contribution is 0.946. The lowest BCUT2D eigenvalue weighted by atomic mass is 10.2. The van der Waals surface area contributed by atoms with Crippen LogP contribution < -0.4 is 5.73 Å². The van der Waals surface area contributed by atoms with Crippen molar-refractivity contribution in [3.63, 3.8) is 0 Å². The third-order valence-electron chi connectivity index (χ3n) is 2.29. The molecule has 78 valence electrons. The number of hydrogen-bond donors (Lipinski definition) is 1. The molecule has 0 fully saturated rings. The van der Waals surface area contributed by atoms with Crippen LogP contribution in [-0.4, -0.2) is 19.6 Å². The SMILES string of the molecule is Nc1cnc2cc(-c3cccnc3)nn2c1. The fraction of sp³-hybridized carbons (Fsp3) is 0. The van der Waals surface area contributed by atoms with Gasteiger partial charge in [0.15, 0.2) is 5.65 Å². The predicted octanol–water partition coefficient (Wildman–Crippen LogP) is 1.37. The molecule has 16 heavy (non-hydrogen) atoms. The topological polar surface area (TPSA) is 69.1 Å². The van der Waals surface area contributed by atoms with E-state index in [1.807, 2.05) is 18.2 Å². The fourth-order valence-corrected chi connectivity index (χ4v) is 1.55. The monoisotopic (exact) mass is 211 g/mol. The Kier molecular flexibility index (Phi) is 1.83. The van der Waals surface area contributed by atoms with E-state index in [9.17, 15) is 0 Å². The van der Waals surface area contributed by atoms with Crippen molar-refractivity contribution < 1.29 is 0 Å². The first kappa shape index (κ1) is 8.84. The molecular weight excluding hydrogens is 202 g/mol. The van der Waals surface area contributed by atoms with E-state index in [2.05, 4.69) is 15.1 Å². The van der Waals surface area contributed by atoms with Gasteiger partial charge in [0.05, 0.1) is 23.8 Å². The maximum atomic E-state index is 5.64. The van der Waals surface area contributed by atoms with Crippen molar-refractivity contribution in [1.82, 2.24) is 19.6 Å². The summed E-state index contributed by atoms with van der Waals surface area (Å²) in [5.41, 5.74) is 8.80. The molecular formula is C11H9N5. The van der Waals surface area contributed by atoms with Crippen molar-refractivity contribution in [3.05, 3.63) is 43.0 Å². The first-order valence-electron chi connectivity index (χ1n) is 4.84. The van der Waals surface area contributed by atoms with Crippen LogP contribution in [0.5, 0.6) is 0 Å². The highest BCUT2D eigenvalue weighted by molar-refractivity contribution is 5.63. The summed E-state index contributed by atoms with van der Waals surface area (Å²) in [5, 5.41) is 4.38. The molecule has 3 aromatic rings. The molecule has 5 heteroatoms. The molecule has 0 unspecified atom stereocenters. The van der Waals surface area contributed by atoms with E-state index in [0.29, 0.717) is 5.69 Å². The molecule has 3 aromatic heterocycles. The number of pyridine rings is 1. The van der Waals surface area contributed by atoms with Crippen molar-refractivity contribution >= 4 is 11.3 Å². The van der Waals surface area contributed by atoms with Crippen LogP contribution in [0.1, 0.15) is 0 Å². The number of nitrogen functional groups attached to an aromatic ring is 1. The first-order chi connectivity index (χ1) is 7.83. The minimum atomic E-state index is 0.591. The third-order valence-corrected chi connectivity index (χ3v) is 2.29. The Balaban J connectivity index is 2.19. The number of nitrogens with two attached hydrogens (primary N) is 1. The summed E-state index contributed by atoms with van der Waals surface area (Å²) in [4.78, 5) is 8.24. The van der Waals surface area contributed by atoms with Crippen LogP contribution in [0.3, 0.4) is 0 Å². The van der Waals surface area contributed by atoms with Gasteiger partial charge in [-0.3, -0.25) is 4.98 Å². The van der Waals surface area contributed by atoms with Gasteiger partial charge in [0.25, 0.3) is 0 Å². The van der Waals surface area contributed by atoms with Gasteiger partial charge in [-0.1, -0.05) is 0 Å². The highest BCUT2D eigenvalue weighted by Gasteiger charge is 2.04. The van der Waals surface area contributed by atoms with E-state index in [1.54, 1.807) is 29.3 Å². The maximum absolute atomic E-state index is 5.64. The fourth-order valence-electron chi connectivity index (χ4n) is 1.55. The van der Waals surface area contributed by atoms with Crippen LogP contribution in [0.25, 0.3) is 16.9 Å². The Hall–Kier alpha value is -2.43. The number of fused-ring (bicyclic) bond motifs is 1. The predicted molar refractivity (Wildman–Crippen MR) is 60.6 cm³/mol. The molecule has 0 aliphatic carbocycles. The Bertz CT molecular complexity index is 629. The quantitative estimate of drug-likeness (QED) is 0.660. The molecule has 3 heterocycles. The summed E-state index contributed by atoms with van der Waals surface area (Å²) < 4.78 is 1.66. The molecule has 3 rings (SSSR count). The molecule has 0 aromatic carbocycles. The summed E-state index contributed by atoms with van der Waals surface area (Å²) in [6.45, 7) is 0. The molecule has 0 aliphatic heterocycles. The molecule has 0 bridgehead atoms. The summed E-state index contributed by atoms with van der Waals surface area (Å²) in [7, 11) is 0. The average Bonchev–Trinajstić information content (AvgIpc) is 2.73. The van der Waals surface area contributed by atoms with E-state index < -0.39 is 0 Å². The van der Waals surface area contributed by atoms with Gasteiger partial charge in [0.2, 0.25) is 0 Å². The minimum absolute atomic E-state index is 0.591. The van der Waals surface area contributed by atoms with Gasteiger partial charge < -0.3 is 5.73 Å².